The van der Waals surface area contributed by atoms with Crippen molar-refractivity contribution in [2.24, 2.45) is 23.5 Å². The van der Waals surface area contributed by atoms with Crippen molar-refractivity contribution in [2.45, 2.75) is 19.0 Å². The Morgan fingerprint density at radius 3 is 2.86 bits per heavy atom. The number of carbonyl (C=O) groups excluding carboxylic acids is 1. The minimum atomic E-state index is -0.290. The van der Waals surface area contributed by atoms with Gasteiger partial charge in [0.25, 0.3) is 0 Å². The monoisotopic (exact) mass is 507 g/mol. The van der Waals surface area contributed by atoms with Crippen LogP contribution in [0.4, 0.5) is 5.69 Å². The number of allylic oxidation sites excluding steroid dienone is 1. The number of nitrogens with zero attached hydrogens (tertiary/aromatic N) is 3. The molecule has 9 nitrogen and oxygen atoms in total. The Hall–Kier alpha value is -3.14. The number of benzene rings is 1. The Morgan fingerprint density at radius 1 is 1.28 bits per heavy atom. The fraction of sp³-hybridized carbons (Fsp3) is 0.423. The van der Waals surface area contributed by atoms with Crippen molar-refractivity contribution in [3.63, 3.8) is 0 Å². The van der Waals surface area contributed by atoms with Crippen LogP contribution < -0.4 is 21.1 Å². The summed E-state index contributed by atoms with van der Waals surface area (Å²) in [5, 5.41) is 7.38. The zero-order chi connectivity index (χ0) is 24.8. The number of methoxy groups -OCH3 is 1. The number of nitrogens with two attached hydrogens (primary N) is 1. The lowest BCUT2D eigenvalue weighted by Crippen LogP contribution is -2.42. The van der Waals surface area contributed by atoms with Crippen LogP contribution in [0.25, 0.3) is 22.6 Å². The molecule has 188 valence electrons. The highest BCUT2D eigenvalue weighted by Gasteiger charge is 2.47. The quantitative estimate of drug-likeness (QED) is 0.363. The van der Waals surface area contributed by atoms with Gasteiger partial charge in [0.2, 0.25) is 5.91 Å². The Bertz CT molecular complexity index is 1330. The average molecular weight is 508 g/mol. The molecular weight excluding hydrogens is 478 g/mol. The molecule has 10 heteroatoms. The molecule has 4 atom stereocenters. The van der Waals surface area contributed by atoms with Gasteiger partial charge in [-0.2, -0.15) is 0 Å². The van der Waals surface area contributed by atoms with Crippen molar-refractivity contribution < 1.29 is 9.53 Å². The molecule has 0 unspecified atom stereocenters. The molecule has 2 fully saturated rings. The minimum absolute atomic E-state index is 0.119. The van der Waals surface area contributed by atoms with E-state index in [-0.39, 0.29) is 29.7 Å². The van der Waals surface area contributed by atoms with Crippen LogP contribution in [0, 0.1) is 17.8 Å². The van der Waals surface area contributed by atoms with E-state index >= 15 is 0 Å². The van der Waals surface area contributed by atoms with Crippen LogP contribution >= 0.6 is 11.6 Å². The number of amides is 1. The summed E-state index contributed by atoms with van der Waals surface area (Å²) in [6, 6.07) is 6.10. The van der Waals surface area contributed by atoms with E-state index in [1.807, 2.05) is 6.07 Å². The van der Waals surface area contributed by atoms with Gasteiger partial charge in [0.1, 0.15) is 17.1 Å². The first-order chi connectivity index (χ1) is 17.5. The maximum atomic E-state index is 12.2. The molecule has 3 heterocycles. The van der Waals surface area contributed by atoms with Crippen LogP contribution in [-0.2, 0) is 11.3 Å². The number of piperazine rings is 1. The van der Waals surface area contributed by atoms with Gasteiger partial charge in [0.15, 0.2) is 5.65 Å². The van der Waals surface area contributed by atoms with Crippen molar-refractivity contribution in [1.82, 2.24) is 25.2 Å². The summed E-state index contributed by atoms with van der Waals surface area (Å²) in [5.41, 5.74) is 9.73. The van der Waals surface area contributed by atoms with Gasteiger partial charge in [0, 0.05) is 38.8 Å². The second-order valence-corrected chi connectivity index (χ2v) is 10.3. The fourth-order valence-corrected chi connectivity index (χ4v) is 6.13. The number of H-pyrrole nitrogens is 1. The molecule has 6 rings (SSSR count). The number of hydrogen-bond acceptors (Lipinski definition) is 7. The molecule has 1 amide bonds. The Labute approximate surface area is 214 Å². The van der Waals surface area contributed by atoms with Crippen molar-refractivity contribution >= 4 is 34.4 Å². The van der Waals surface area contributed by atoms with Crippen LogP contribution in [-0.4, -0.2) is 65.1 Å². The first kappa shape index (κ1) is 23.3. The lowest BCUT2D eigenvalue weighted by atomic mass is 9.88. The second-order valence-electron chi connectivity index (χ2n) is 9.87. The maximum Gasteiger partial charge on any atom is 0.223 e. The molecule has 2 bridgehead atoms. The highest BCUT2D eigenvalue weighted by atomic mass is 35.5. The van der Waals surface area contributed by atoms with Crippen LogP contribution in [0.5, 0.6) is 5.75 Å². The number of aromatic amines is 1. The number of imidazole rings is 1. The predicted molar refractivity (Wildman–Crippen MR) is 140 cm³/mol. The van der Waals surface area contributed by atoms with Crippen LogP contribution in [0.15, 0.2) is 36.5 Å². The second kappa shape index (κ2) is 9.38. The first-order valence-corrected chi connectivity index (χ1v) is 12.8. The highest BCUT2D eigenvalue weighted by Crippen LogP contribution is 2.46. The lowest BCUT2D eigenvalue weighted by Gasteiger charge is -2.28. The third-order valence-corrected chi connectivity index (χ3v) is 8.00. The molecule has 1 saturated carbocycles. The van der Waals surface area contributed by atoms with E-state index in [4.69, 9.17) is 27.1 Å². The molecule has 3 aromatic rings. The van der Waals surface area contributed by atoms with E-state index in [2.05, 4.69) is 49.8 Å². The van der Waals surface area contributed by atoms with Gasteiger partial charge in [-0.1, -0.05) is 29.8 Å². The molecule has 0 radical (unpaired) electrons. The highest BCUT2D eigenvalue weighted by molar-refractivity contribution is 6.34. The number of halogens is 1. The van der Waals surface area contributed by atoms with E-state index in [0.29, 0.717) is 27.7 Å². The van der Waals surface area contributed by atoms with Gasteiger partial charge in [-0.05, 0) is 36.0 Å². The van der Waals surface area contributed by atoms with Crippen LogP contribution in [0.3, 0.4) is 0 Å². The molecule has 1 saturated heterocycles. The van der Waals surface area contributed by atoms with E-state index in [9.17, 15) is 4.79 Å². The first-order valence-electron chi connectivity index (χ1n) is 12.4. The van der Waals surface area contributed by atoms with Gasteiger partial charge >= 0.3 is 0 Å². The number of aromatic nitrogens is 3. The van der Waals surface area contributed by atoms with Crippen molar-refractivity contribution in [3.8, 4) is 17.1 Å². The Kier molecular flexibility index (Phi) is 6.07. The van der Waals surface area contributed by atoms with Crippen molar-refractivity contribution in [1.29, 1.82) is 0 Å². The number of ether oxygens (including phenoxy) is 1. The van der Waals surface area contributed by atoms with Crippen molar-refractivity contribution in [3.05, 3.63) is 47.1 Å². The van der Waals surface area contributed by atoms with Crippen molar-refractivity contribution in [2.75, 3.05) is 38.6 Å². The van der Waals surface area contributed by atoms with E-state index < -0.39 is 0 Å². The van der Waals surface area contributed by atoms with Gasteiger partial charge < -0.3 is 26.1 Å². The molecular formula is C26H30ClN7O2. The summed E-state index contributed by atoms with van der Waals surface area (Å²) in [7, 11) is 1.67. The number of anilines is 1. The number of nitrogens with one attached hydrogen (secondary N) is 3. The SMILES string of the molecule is COc1cc(CN2CCNCC2)ccc1-c1nc2ncc(Cl)c(N[C@H]3[C@@H](C(N)=O)[C@@H]4C=C[C@@H]3C4)c2[nH]1. The maximum absolute atomic E-state index is 12.2. The number of rotatable bonds is 7. The smallest absolute Gasteiger partial charge is 0.223 e. The summed E-state index contributed by atoms with van der Waals surface area (Å²) in [5.74, 6) is 1.23. The predicted octanol–water partition coefficient (Wildman–Crippen LogP) is 2.78. The van der Waals surface area contributed by atoms with Crippen LogP contribution in [0.1, 0.15) is 12.0 Å². The molecule has 36 heavy (non-hydrogen) atoms. The topological polar surface area (TPSA) is 121 Å². The Balaban J connectivity index is 1.32. The fourth-order valence-electron chi connectivity index (χ4n) is 5.93. The van der Waals surface area contributed by atoms with E-state index in [1.165, 1.54) is 5.56 Å². The number of pyridine rings is 1. The largest absolute Gasteiger partial charge is 0.496 e. The minimum Gasteiger partial charge on any atom is -0.496 e. The molecule has 1 aromatic carbocycles. The summed E-state index contributed by atoms with van der Waals surface area (Å²) >= 11 is 6.60. The van der Waals surface area contributed by atoms with Crippen LogP contribution in [0.2, 0.25) is 5.02 Å². The standard InChI is InChI=1S/C26H30ClN7O2/c1-36-19-10-14(13-34-8-6-29-7-9-34)2-5-17(19)25-32-23-22(18(27)12-30-26(23)33-25)31-21-16-4-3-15(11-16)20(21)24(28)35/h2-5,10,12,15-16,20-21,29H,6-9,11,13H2,1H3,(H2,28,35)(H2,30,31,32,33)/t15-,16-,20+,21-/m1/s1. The Morgan fingerprint density at radius 2 is 2.08 bits per heavy atom. The molecule has 2 aliphatic carbocycles. The molecule has 0 spiro atoms. The normalized spacial score (nSPS) is 25.5. The third-order valence-electron chi connectivity index (χ3n) is 7.71. The summed E-state index contributed by atoms with van der Waals surface area (Å²) in [6.07, 6.45) is 6.78. The molecule has 3 aliphatic rings. The number of fused-ring (bicyclic) bond motifs is 3. The molecule has 5 N–H and O–H groups in total. The van der Waals surface area contributed by atoms with E-state index in [1.54, 1.807) is 13.3 Å². The zero-order valence-corrected chi connectivity index (χ0v) is 20.9. The summed E-state index contributed by atoms with van der Waals surface area (Å²) in [4.78, 5) is 27.2. The lowest BCUT2D eigenvalue weighted by molar-refractivity contribution is -0.122. The number of hydrogen-bond donors (Lipinski definition) is 4. The molecule has 1 aliphatic heterocycles. The number of primary amides is 1. The summed E-state index contributed by atoms with van der Waals surface area (Å²) in [6.45, 7) is 4.97. The number of carbonyl (C=O) groups is 1. The molecule has 2 aromatic heterocycles. The zero-order valence-electron chi connectivity index (χ0n) is 20.1. The van der Waals surface area contributed by atoms with Gasteiger partial charge in [-0.15, -0.1) is 0 Å². The van der Waals surface area contributed by atoms with E-state index in [0.717, 1.165) is 50.5 Å². The third kappa shape index (κ3) is 4.11. The average Bonchev–Trinajstić information content (AvgIpc) is 3.61. The van der Waals surface area contributed by atoms with Gasteiger partial charge in [0.05, 0.1) is 35.5 Å². The van der Waals surface area contributed by atoms with Gasteiger partial charge in [-0.3, -0.25) is 9.69 Å². The van der Waals surface area contributed by atoms with Gasteiger partial charge in [-0.25, -0.2) is 9.97 Å². The summed E-state index contributed by atoms with van der Waals surface area (Å²) < 4.78 is 5.75.